The highest BCUT2D eigenvalue weighted by atomic mass is 32.2. The average Bonchev–Trinajstić information content (AvgIpc) is 2.70. The first-order valence-electron chi connectivity index (χ1n) is 8.03. The van der Waals surface area contributed by atoms with Gasteiger partial charge in [-0.05, 0) is 30.5 Å². The Bertz CT molecular complexity index is 1120. The molecule has 0 fully saturated rings. The molecule has 0 spiro atoms. The van der Waals surface area contributed by atoms with Crippen LogP contribution in [0.15, 0.2) is 56.6 Å². The summed E-state index contributed by atoms with van der Waals surface area (Å²) in [4.78, 5) is 35.2. The molecule has 0 N–H and O–H groups in total. The molecule has 0 aliphatic heterocycles. The van der Waals surface area contributed by atoms with Gasteiger partial charge in [-0.1, -0.05) is 0 Å². The van der Waals surface area contributed by atoms with Crippen LogP contribution in [0.4, 0.5) is 5.69 Å². The molecule has 1 heterocycles. The van der Waals surface area contributed by atoms with Crippen LogP contribution in [0.25, 0.3) is 11.0 Å². The third-order valence-electron chi connectivity index (χ3n) is 4.01. The van der Waals surface area contributed by atoms with E-state index in [1.165, 1.54) is 43.1 Å². The first-order valence-corrected chi connectivity index (χ1v) is 9.25. The smallest absolute Gasteiger partial charge is 0.338 e. The first-order chi connectivity index (χ1) is 13.4. The van der Waals surface area contributed by atoms with Gasteiger partial charge in [-0.2, -0.15) is 0 Å². The van der Waals surface area contributed by atoms with Crippen molar-refractivity contribution in [2.75, 3.05) is 13.4 Å². The Morgan fingerprint density at radius 1 is 1.21 bits per heavy atom. The molecule has 0 aliphatic rings. The van der Waals surface area contributed by atoms with Crippen molar-refractivity contribution in [1.82, 2.24) is 0 Å². The fourth-order valence-electron chi connectivity index (χ4n) is 2.64. The van der Waals surface area contributed by atoms with E-state index in [4.69, 9.17) is 13.9 Å². The highest BCUT2D eigenvalue weighted by Crippen LogP contribution is 2.29. The number of ether oxygens (including phenoxy) is 2. The van der Waals surface area contributed by atoms with Crippen molar-refractivity contribution < 1.29 is 23.6 Å². The quantitative estimate of drug-likeness (QED) is 0.202. The van der Waals surface area contributed by atoms with Gasteiger partial charge in [0.25, 0.3) is 5.69 Å². The maximum atomic E-state index is 12.3. The van der Waals surface area contributed by atoms with E-state index >= 15 is 0 Å². The largest absolute Gasteiger partial charge is 0.497 e. The Kier molecular flexibility index (Phi) is 5.65. The van der Waals surface area contributed by atoms with E-state index in [9.17, 15) is 19.7 Å². The van der Waals surface area contributed by atoms with Crippen LogP contribution in [0.3, 0.4) is 0 Å². The van der Waals surface area contributed by atoms with Crippen molar-refractivity contribution in [3.8, 4) is 5.75 Å². The van der Waals surface area contributed by atoms with E-state index in [1.54, 1.807) is 24.5 Å². The molecule has 0 atom stereocenters. The molecule has 0 amide bonds. The molecule has 28 heavy (non-hydrogen) atoms. The number of nitro benzene ring substituents is 1. The van der Waals surface area contributed by atoms with Crippen LogP contribution in [0.5, 0.6) is 5.75 Å². The maximum absolute atomic E-state index is 12.3. The lowest BCUT2D eigenvalue weighted by Gasteiger charge is -2.09. The zero-order valence-corrected chi connectivity index (χ0v) is 15.8. The standard InChI is InChI=1S/C19H15NO7S/c1-25-13-4-5-14-12(8-18(21)27-16(14)9-13)10-26-19(22)11-3-6-17(28-2)15(7-11)20(23)24/h3-9H,10H2,1-2H3. The van der Waals surface area contributed by atoms with E-state index in [0.29, 0.717) is 27.2 Å². The van der Waals surface area contributed by atoms with Crippen LogP contribution in [-0.2, 0) is 11.3 Å². The molecular weight excluding hydrogens is 386 g/mol. The summed E-state index contributed by atoms with van der Waals surface area (Å²) in [6, 6.07) is 10.3. The average molecular weight is 401 g/mol. The van der Waals surface area contributed by atoms with Crippen molar-refractivity contribution in [2.24, 2.45) is 0 Å². The topological polar surface area (TPSA) is 109 Å². The fraction of sp³-hybridized carbons (Fsp3) is 0.158. The van der Waals surface area contributed by atoms with Gasteiger partial charge < -0.3 is 13.9 Å². The number of nitro groups is 1. The summed E-state index contributed by atoms with van der Waals surface area (Å²) in [5.74, 6) is -0.211. The predicted molar refractivity (Wildman–Crippen MR) is 103 cm³/mol. The van der Waals surface area contributed by atoms with Crippen molar-refractivity contribution in [3.63, 3.8) is 0 Å². The number of benzene rings is 2. The molecule has 8 nitrogen and oxygen atoms in total. The number of fused-ring (bicyclic) bond motifs is 1. The van der Waals surface area contributed by atoms with Gasteiger partial charge in [0.15, 0.2) is 0 Å². The van der Waals surface area contributed by atoms with Gasteiger partial charge in [0.1, 0.15) is 17.9 Å². The second-order valence-electron chi connectivity index (χ2n) is 5.67. The van der Waals surface area contributed by atoms with Crippen molar-refractivity contribution in [2.45, 2.75) is 11.5 Å². The Morgan fingerprint density at radius 2 is 2.00 bits per heavy atom. The van der Waals surface area contributed by atoms with Gasteiger partial charge in [-0.25, -0.2) is 9.59 Å². The summed E-state index contributed by atoms with van der Waals surface area (Å²) < 4.78 is 15.5. The number of nitrogens with zero attached hydrogens (tertiary/aromatic N) is 1. The monoisotopic (exact) mass is 401 g/mol. The zero-order valence-electron chi connectivity index (χ0n) is 15.0. The number of rotatable bonds is 6. The Balaban J connectivity index is 1.86. The van der Waals surface area contributed by atoms with E-state index in [0.717, 1.165) is 0 Å². The first kappa shape index (κ1) is 19.4. The molecule has 0 radical (unpaired) electrons. The number of thioether (sulfide) groups is 1. The summed E-state index contributed by atoms with van der Waals surface area (Å²) in [6.45, 7) is -0.189. The second-order valence-corrected chi connectivity index (χ2v) is 6.52. The maximum Gasteiger partial charge on any atom is 0.338 e. The van der Waals surface area contributed by atoms with Gasteiger partial charge in [0, 0.05) is 29.1 Å². The van der Waals surface area contributed by atoms with E-state index in [-0.39, 0.29) is 17.9 Å². The minimum absolute atomic E-state index is 0.0541. The van der Waals surface area contributed by atoms with Gasteiger partial charge in [0.2, 0.25) is 0 Å². The molecule has 3 rings (SSSR count). The number of methoxy groups -OCH3 is 1. The molecule has 2 aromatic carbocycles. The van der Waals surface area contributed by atoms with Crippen molar-refractivity contribution >= 4 is 34.4 Å². The number of carbonyl (C=O) groups is 1. The lowest BCUT2D eigenvalue weighted by Crippen LogP contribution is -2.08. The third-order valence-corrected chi connectivity index (χ3v) is 4.79. The van der Waals surface area contributed by atoms with Gasteiger partial charge in [-0.3, -0.25) is 10.1 Å². The molecule has 144 valence electrons. The van der Waals surface area contributed by atoms with Crippen LogP contribution in [0, 0.1) is 10.1 Å². The molecule has 0 unspecified atom stereocenters. The molecule has 0 saturated heterocycles. The van der Waals surface area contributed by atoms with E-state index in [2.05, 4.69) is 0 Å². The van der Waals surface area contributed by atoms with Crippen molar-refractivity contribution in [3.05, 3.63) is 74.1 Å². The summed E-state index contributed by atoms with van der Waals surface area (Å²) >= 11 is 1.21. The minimum atomic E-state index is -0.731. The lowest BCUT2D eigenvalue weighted by atomic mass is 10.1. The summed E-state index contributed by atoms with van der Waals surface area (Å²) in [5, 5.41) is 11.8. The van der Waals surface area contributed by atoms with Crippen LogP contribution < -0.4 is 10.4 Å². The Labute approximate surface area is 163 Å². The number of hydrogen-bond donors (Lipinski definition) is 0. The SMILES string of the molecule is COc1ccc2c(COC(=O)c3ccc(SC)c([N+](=O)[O-])c3)cc(=O)oc2c1. The van der Waals surface area contributed by atoms with Crippen molar-refractivity contribution in [1.29, 1.82) is 0 Å². The summed E-state index contributed by atoms with van der Waals surface area (Å²) in [6.07, 6.45) is 1.71. The molecule has 0 bridgehead atoms. The number of esters is 1. The fourth-order valence-corrected chi connectivity index (χ4v) is 3.19. The summed E-state index contributed by atoms with van der Waals surface area (Å²) in [5.41, 5.74) is 0.0559. The number of carbonyl (C=O) groups excluding carboxylic acids is 1. The second kappa shape index (κ2) is 8.13. The molecule has 9 heteroatoms. The van der Waals surface area contributed by atoms with Gasteiger partial charge in [-0.15, -0.1) is 11.8 Å². The lowest BCUT2D eigenvalue weighted by molar-refractivity contribution is -0.387. The number of hydrogen-bond acceptors (Lipinski definition) is 8. The normalized spacial score (nSPS) is 10.6. The molecule has 0 aliphatic carbocycles. The zero-order chi connectivity index (χ0) is 20.3. The van der Waals surface area contributed by atoms with E-state index < -0.39 is 16.5 Å². The van der Waals surface area contributed by atoms with Crippen LogP contribution in [0.1, 0.15) is 15.9 Å². The predicted octanol–water partition coefficient (Wildman–Crippen LogP) is 3.79. The molecule has 0 saturated carbocycles. The Hall–Kier alpha value is -3.33. The van der Waals surface area contributed by atoms with Crippen LogP contribution in [-0.4, -0.2) is 24.3 Å². The highest BCUT2D eigenvalue weighted by Gasteiger charge is 2.18. The van der Waals surface area contributed by atoms with Crippen LogP contribution in [0.2, 0.25) is 0 Å². The van der Waals surface area contributed by atoms with Gasteiger partial charge >= 0.3 is 11.6 Å². The third kappa shape index (κ3) is 3.99. The molecular formula is C19H15NO7S. The summed E-state index contributed by atoms with van der Waals surface area (Å²) in [7, 11) is 1.49. The van der Waals surface area contributed by atoms with E-state index in [1.807, 2.05) is 0 Å². The minimum Gasteiger partial charge on any atom is -0.497 e. The highest BCUT2D eigenvalue weighted by molar-refractivity contribution is 7.98. The van der Waals surface area contributed by atoms with Gasteiger partial charge in [0.05, 0.1) is 22.5 Å². The Morgan fingerprint density at radius 3 is 2.68 bits per heavy atom. The van der Waals surface area contributed by atoms with Crippen LogP contribution >= 0.6 is 11.8 Å². The molecule has 1 aromatic heterocycles. The molecule has 3 aromatic rings.